The van der Waals surface area contributed by atoms with Crippen LogP contribution >= 0.6 is 15.9 Å². The van der Waals surface area contributed by atoms with Crippen LogP contribution in [0.25, 0.3) is 0 Å². The topological polar surface area (TPSA) is 9.23 Å². The Morgan fingerprint density at radius 3 is 2.27 bits per heavy atom. The molecule has 1 aliphatic rings. The Bertz CT molecular complexity index is 128. The highest BCUT2D eigenvalue weighted by Gasteiger charge is 2.33. The van der Waals surface area contributed by atoms with Gasteiger partial charge in [-0.15, -0.1) is 0 Å². The van der Waals surface area contributed by atoms with Crippen LogP contribution in [0.5, 0.6) is 0 Å². The molecule has 0 N–H and O–H groups in total. The van der Waals surface area contributed by atoms with Gasteiger partial charge in [-0.1, -0.05) is 36.7 Å². The van der Waals surface area contributed by atoms with E-state index in [0.29, 0.717) is 17.6 Å². The summed E-state index contributed by atoms with van der Waals surface area (Å²) < 4.78 is 5.83. The smallest absolute Gasteiger partial charge is 0.0676 e. The van der Waals surface area contributed by atoms with Gasteiger partial charge < -0.3 is 4.74 Å². The maximum atomic E-state index is 5.83. The first kappa shape index (κ1) is 9.53. The van der Waals surface area contributed by atoms with E-state index in [2.05, 4.69) is 36.7 Å². The highest BCUT2D eigenvalue weighted by atomic mass is 79.9. The Morgan fingerprint density at radius 1 is 1.36 bits per heavy atom. The summed E-state index contributed by atoms with van der Waals surface area (Å²) in [5.74, 6) is 0. The Morgan fingerprint density at radius 2 is 2.00 bits per heavy atom. The van der Waals surface area contributed by atoms with Crippen LogP contribution in [-0.4, -0.2) is 17.5 Å². The molecule has 0 unspecified atom stereocenters. The van der Waals surface area contributed by atoms with E-state index in [0.717, 1.165) is 5.33 Å². The molecule has 1 saturated heterocycles. The molecule has 0 aromatic carbocycles. The van der Waals surface area contributed by atoms with Crippen LogP contribution < -0.4 is 0 Å². The molecule has 2 heteroatoms. The van der Waals surface area contributed by atoms with Crippen LogP contribution in [0.15, 0.2) is 0 Å². The van der Waals surface area contributed by atoms with Gasteiger partial charge in [0.15, 0.2) is 0 Å². The van der Waals surface area contributed by atoms with E-state index in [9.17, 15) is 0 Å². The summed E-state index contributed by atoms with van der Waals surface area (Å²) in [6.45, 7) is 6.73. The molecule has 1 heterocycles. The van der Waals surface area contributed by atoms with Gasteiger partial charge in [0.1, 0.15) is 0 Å². The average molecular weight is 221 g/mol. The van der Waals surface area contributed by atoms with Gasteiger partial charge >= 0.3 is 0 Å². The molecule has 1 aliphatic heterocycles. The van der Waals surface area contributed by atoms with E-state index in [-0.39, 0.29) is 0 Å². The number of halogens is 1. The lowest BCUT2D eigenvalue weighted by molar-refractivity contribution is -0.00590. The lowest BCUT2D eigenvalue weighted by Gasteiger charge is -2.26. The number of ether oxygens (including phenoxy) is 1. The van der Waals surface area contributed by atoms with Crippen molar-refractivity contribution in [2.45, 2.75) is 45.8 Å². The normalized spacial score (nSPS) is 32.7. The van der Waals surface area contributed by atoms with Crippen molar-refractivity contribution >= 4 is 15.9 Å². The number of hydrogen-bond acceptors (Lipinski definition) is 1. The number of alkyl halides is 1. The minimum atomic E-state index is 0.316. The summed E-state index contributed by atoms with van der Waals surface area (Å²) in [7, 11) is 0. The van der Waals surface area contributed by atoms with Gasteiger partial charge in [0.25, 0.3) is 0 Å². The third kappa shape index (κ3) is 2.45. The van der Waals surface area contributed by atoms with E-state index >= 15 is 0 Å². The third-order valence-electron chi connectivity index (χ3n) is 2.25. The molecule has 1 fully saturated rings. The molecular weight excluding hydrogens is 204 g/mol. The molecule has 0 aromatic heterocycles. The van der Waals surface area contributed by atoms with Crippen LogP contribution in [0.3, 0.4) is 0 Å². The first-order chi connectivity index (χ1) is 5.04. The number of hydrogen-bond donors (Lipinski definition) is 0. The van der Waals surface area contributed by atoms with Gasteiger partial charge in [-0.25, -0.2) is 0 Å². The zero-order valence-electron chi connectivity index (χ0n) is 7.56. The molecule has 0 aromatic rings. The second kappa shape index (κ2) is 3.44. The summed E-state index contributed by atoms with van der Waals surface area (Å²) in [5.41, 5.74) is 0.316. The molecule has 1 nitrogen and oxygen atoms in total. The monoisotopic (exact) mass is 220 g/mol. The fourth-order valence-electron chi connectivity index (χ4n) is 1.46. The van der Waals surface area contributed by atoms with Crippen LogP contribution in [0.1, 0.15) is 33.6 Å². The Labute approximate surface area is 77.6 Å². The van der Waals surface area contributed by atoms with Crippen molar-refractivity contribution in [1.82, 2.24) is 0 Å². The van der Waals surface area contributed by atoms with Crippen LogP contribution in [-0.2, 0) is 4.74 Å². The second-order valence-electron chi connectivity index (χ2n) is 4.34. The zero-order chi connectivity index (χ0) is 8.48. The lowest BCUT2D eigenvalue weighted by Crippen LogP contribution is -2.26. The second-order valence-corrected chi connectivity index (χ2v) is 4.99. The van der Waals surface area contributed by atoms with Crippen molar-refractivity contribution in [3.05, 3.63) is 0 Å². The molecule has 0 saturated carbocycles. The predicted molar refractivity (Wildman–Crippen MR) is 51.1 cm³/mol. The van der Waals surface area contributed by atoms with Crippen LogP contribution in [0, 0.1) is 5.41 Å². The molecule has 0 aliphatic carbocycles. The number of rotatable bonds is 1. The first-order valence-corrected chi connectivity index (χ1v) is 5.37. The summed E-state index contributed by atoms with van der Waals surface area (Å²) >= 11 is 3.45. The zero-order valence-corrected chi connectivity index (χ0v) is 9.15. The molecule has 0 amide bonds. The van der Waals surface area contributed by atoms with Crippen molar-refractivity contribution in [2.75, 3.05) is 5.33 Å². The van der Waals surface area contributed by atoms with Gasteiger partial charge in [-0.05, 0) is 18.3 Å². The summed E-state index contributed by atoms with van der Waals surface area (Å²) in [6.07, 6.45) is 3.36. The van der Waals surface area contributed by atoms with E-state index in [1.807, 2.05) is 0 Å². The SMILES string of the molecule is CC(C)(C)[C@@H]1CC[C@H](CBr)O1. The standard InChI is InChI=1S/C9H17BrO/c1-9(2,3)8-5-4-7(6-10)11-8/h7-8H,4-6H2,1-3H3/t7-,8+/m1/s1. The molecule has 0 bridgehead atoms. The highest BCUT2D eigenvalue weighted by molar-refractivity contribution is 9.09. The average Bonchev–Trinajstić information content (AvgIpc) is 2.32. The summed E-state index contributed by atoms with van der Waals surface area (Å²) in [4.78, 5) is 0. The minimum absolute atomic E-state index is 0.316. The van der Waals surface area contributed by atoms with E-state index in [4.69, 9.17) is 4.74 Å². The quantitative estimate of drug-likeness (QED) is 0.618. The van der Waals surface area contributed by atoms with Crippen molar-refractivity contribution in [3.63, 3.8) is 0 Å². The molecule has 2 atom stereocenters. The molecule has 1 rings (SSSR count). The fourth-order valence-corrected chi connectivity index (χ4v) is 1.93. The molecule has 66 valence electrons. The molecular formula is C9H17BrO. The van der Waals surface area contributed by atoms with Gasteiger partial charge in [-0.2, -0.15) is 0 Å². The Kier molecular flexibility index (Phi) is 2.98. The summed E-state index contributed by atoms with van der Waals surface area (Å²) in [6, 6.07) is 0. The largest absolute Gasteiger partial charge is 0.374 e. The molecule has 0 spiro atoms. The summed E-state index contributed by atoms with van der Waals surface area (Å²) in [5, 5.41) is 0.986. The van der Waals surface area contributed by atoms with Gasteiger partial charge in [-0.3, -0.25) is 0 Å². The highest BCUT2D eigenvalue weighted by Crippen LogP contribution is 2.33. The van der Waals surface area contributed by atoms with Crippen molar-refractivity contribution < 1.29 is 4.74 Å². The molecule has 11 heavy (non-hydrogen) atoms. The third-order valence-corrected chi connectivity index (χ3v) is 2.97. The fraction of sp³-hybridized carbons (Fsp3) is 1.00. The van der Waals surface area contributed by atoms with Crippen LogP contribution in [0.2, 0.25) is 0 Å². The maximum Gasteiger partial charge on any atom is 0.0676 e. The first-order valence-electron chi connectivity index (χ1n) is 4.25. The van der Waals surface area contributed by atoms with E-state index in [1.54, 1.807) is 0 Å². The van der Waals surface area contributed by atoms with Gasteiger partial charge in [0, 0.05) is 5.33 Å². The van der Waals surface area contributed by atoms with Gasteiger partial charge in [0.05, 0.1) is 12.2 Å². The van der Waals surface area contributed by atoms with E-state index in [1.165, 1.54) is 12.8 Å². The maximum absolute atomic E-state index is 5.83. The minimum Gasteiger partial charge on any atom is -0.374 e. The Balaban J connectivity index is 2.42. The van der Waals surface area contributed by atoms with E-state index < -0.39 is 0 Å². The van der Waals surface area contributed by atoms with Crippen molar-refractivity contribution in [1.29, 1.82) is 0 Å². The van der Waals surface area contributed by atoms with Crippen LogP contribution in [0.4, 0.5) is 0 Å². The molecule has 0 radical (unpaired) electrons. The Hall–Kier alpha value is 0.440. The predicted octanol–water partition coefficient (Wildman–Crippen LogP) is 2.98. The van der Waals surface area contributed by atoms with Gasteiger partial charge in [0.2, 0.25) is 0 Å². The van der Waals surface area contributed by atoms with Crippen molar-refractivity contribution in [3.8, 4) is 0 Å². The lowest BCUT2D eigenvalue weighted by atomic mass is 9.87. The van der Waals surface area contributed by atoms with Crippen molar-refractivity contribution in [2.24, 2.45) is 5.41 Å².